The summed E-state index contributed by atoms with van der Waals surface area (Å²) in [6.07, 6.45) is 12.5. The van der Waals surface area contributed by atoms with Crippen LogP contribution in [0.2, 0.25) is 0 Å². The van der Waals surface area contributed by atoms with Gasteiger partial charge in [-0.3, -0.25) is 0 Å². The number of fused-ring (bicyclic) bond motifs is 5. The Bertz CT molecular complexity index is 1070. The van der Waals surface area contributed by atoms with Gasteiger partial charge in [-0.1, -0.05) is 75.2 Å². The van der Waals surface area contributed by atoms with Crippen molar-refractivity contribution in [3.8, 4) is 5.75 Å². The van der Waals surface area contributed by atoms with E-state index < -0.39 is 5.60 Å². The van der Waals surface area contributed by atoms with E-state index >= 15 is 0 Å². The van der Waals surface area contributed by atoms with Crippen LogP contribution in [0.25, 0.3) is 0 Å². The highest BCUT2D eigenvalue weighted by atomic mass is 16.5. The summed E-state index contributed by atoms with van der Waals surface area (Å²) in [6, 6.07) is 17.3. The van der Waals surface area contributed by atoms with Gasteiger partial charge in [0.2, 0.25) is 0 Å². The Balaban J connectivity index is 1.45. The Kier molecular flexibility index (Phi) is 7.18. The van der Waals surface area contributed by atoms with E-state index in [1.807, 2.05) is 18.2 Å². The molecule has 0 bridgehead atoms. The number of allylic oxidation sites excluding steroid dienone is 1. The van der Waals surface area contributed by atoms with Crippen molar-refractivity contribution in [2.45, 2.75) is 83.3 Å². The minimum Gasteiger partial charge on any atom is -0.489 e. The van der Waals surface area contributed by atoms with E-state index in [4.69, 9.17) is 4.74 Å². The molecule has 0 aromatic heterocycles. The lowest BCUT2D eigenvalue weighted by Crippen LogP contribution is -2.53. The van der Waals surface area contributed by atoms with Crippen molar-refractivity contribution in [2.24, 2.45) is 29.1 Å². The van der Waals surface area contributed by atoms with E-state index in [-0.39, 0.29) is 11.3 Å². The monoisotopic (exact) mass is 484 g/mol. The largest absolute Gasteiger partial charge is 0.489 e. The van der Waals surface area contributed by atoms with E-state index in [9.17, 15) is 5.11 Å². The quantitative estimate of drug-likeness (QED) is 0.363. The van der Waals surface area contributed by atoms with Gasteiger partial charge < -0.3 is 9.84 Å². The first kappa shape index (κ1) is 25.3. The molecule has 5 rings (SSSR count). The van der Waals surface area contributed by atoms with Gasteiger partial charge in [-0.25, -0.2) is 0 Å². The van der Waals surface area contributed by atoms with Crippen molar-refractivity contribution in [2.75, 3.05) is 0 Å². The molecule has 3 aliphatic carbocycles. The zero-order chi connectivity index (χ0) is 25.3. The minimum absolute atomic E-state index is 0.0573. The number of rotatable bonds is 9. The second-order valence-electron chi connectivity index (χ2n) is 12.0. The van der Waals surface area contributed by atoms with Gasteiger partial charge in [-0.05, 0) is 96.9 Å². The van der Waals surface area contributed by atoms with Crippen LogP contribution in [0.5, 0.6) is 5.75 Å². The molecule has 3 aliphatic rings. The Morgan fingerprint density at radius 3 is 2.64 bits per heavy atom. The molecule has 2 heteroatoms. The second-order valence-corrected chi connectivity index (χ2v) is 12.0. The van der Waals surface area contributed by atoms with Gasteiger partial charge in [0.05, 0.1) is 5.60 Å². The van der Waals surface area contributed by atoms with Crippen LogP contribution >= 0.6 is 0 Å². The van der Waals surface area contributed by atoms with Gasteiger partial charge in [0.25, 0.3) is 0 Å². The maximum Gasteiger partial charge on any atom is 0.120 e. The van der Waals surface area contributed by atoms with Crippen molar-refractivity contribution in [3.63, 3.8) is 0 Å². The predicted molar refractivity (Wildman–Crippen MR) is 149 cm³/mol. The summed E-state index contributed by atoms with van der Waals surface area (Å²) in [5.41, 5.74) is 3.50. The topological polar surface area (TPSA) is 29.5 Å². The Morgan fingerprint density at radius 1 is 1.11 bits per heavy atom. The van der Waals surface area contributed by atoms with E-state index in [0.717, 1.165) is 37.9 Å². The third-order valence-electron chi connectivity index (χ3n) is 10.3. The van der Waals surface area contributed by atoms with Crippen LogP contribution in [-0.2, 0) is 13.0 Å². The molecule has 0 aliphatic heterocycles. The lowest BCUT2D eigenvalue weighted by molar-refractivity contribution is -0.124. The predicted octanol–water partition coefficient (Wildman–Crippen LogP) is 8.26. The van der Waals surface area contributed by atoms with Crippen LogP contribution in [-0.4, -0.2) is 10.7 Å². The van der Waals surface area contributed by atoms with Crippen molar-refractivity contribution in [3.05, 3.63) is 90.5 Å². The highest BCUT2D eigenvalue weighted by molar-refractivity contribution is 5.42. The third-order valence-corrected chi connectivity index (χ3v) is 10.3. The van der Waals surface area contributed by atoms with E-state index in [0.29, 0.717) is 36.7 Å². The van der Waals surface area contributed by atoms with Gasteiger partial charge in [0, 0.05) is 5.41 Å². The summed E-state index contributed by atoms with van der Waals surface area (Å²) in [4.78, 5) is 0. The van der Waals surface area contributed by atoms with Gasteiger partial charge in [0.15, 0.2) is 0 Å². The summed E-state index contributed by atoms with van der Waals surface area (Å²) in [7, 11) is 0. The fourth-order valence-corrected chi connectivity index (χ4v) is 8.63. The lowest BCUT2D eigenvalue weighted by atomic mass is 9.50. The number of hydrogen-bond acceptors (Lipinski definition) is 2. The molecule has 7 atom stereocenters. The zero-order valence-electron chi connectivity index (χ0n) is 22.3. The number of benzene rings is 2. The average molecular weight is 485 g/mol. The maximum absolute atomic E-state index is 12.2. The van der Waals surface area contributed by atoms with Gasteiger partial charge in [0.1, 0.15) is 12.4 Å². The third kappa shape index (κ3) is 4.16. The molecule has 0 spiro atoms. The van der Waals surface area contributed by atoms with Crippen molar-refractivity contribution in [1.82, 2.24) is 0 Å². The number of ether oxygens (including phenoxy) is 1. The Labute approximate surface area is 218 Å². The molecule has 192 valence electrons. The minimum atomic E-state index is -0.676. The highest BCUT2D eigenvalue weighted by Crippen LogP contribution is 2.68. The molecule has 0 saturated heterocycles. The molecule has 36 heavy (non-hydrogen) atoms. The van der Waals surface area contributed by atoms with Crippen molar-refractivity contribution in [1.29, 1.82) is 0 Å². The molecule has 2 aromatic rings. The fourth-order valence-electron chi connectivity index (χ4n) is 8.63. The Morgan fingerprint density at radius 2 is 1.92 bits per heavy atom. The SMILES string of the molecule is C=CCC1CC2C3C(CCC)Cc4cc(OCc5ccccc5)ccc4C3CCC2(C)C1(O)CC=C. The summed E-state index contributed by atoms with van der Waals surface area (Å²) < 4.78 is 6.22. The Hall–Kier alpha value is -2.32. The van der Waals surface area contributed by atoms with Crippen molar-refractivity contribution >= 4 is 0 Å². The second kappa shape index (κ2) is 10.2. The highest BCUT2D eigenvalue weighted by Gasteiger charge is 2.65. The standard InChI is InChI=1S/C34H44O2/c1-5-11-25-20-26-21-28(36-23-24-13-9-8-10-14-24)15-16-29(26)30-17-19-33(4)31(32(25)30)22-27(12-6-2)34(33,35)18-7-3/h6-10,13-16,21,25,27,30-32,35H,2-3,5,11-12,17-20,22-23H2,1,4H3. The molecule has 0 amide bonds. The molecule has 2 nitrogen and oxygen atoms in total. The first-order valence-electron chi connectivity index (χ1n) is 14.2. The normalized spacial score (nSPS) is 34.8. The van der Waals surface area contributed by atoms with Gasteiger partial charge >= 0.3 is 0 Å². The summed E-state index contributed by atoms with van der Waals surface area (Å²) in [5, 5.41) is 12.2. The van der Waals surface area contributed by atoms with Crippen LogP contribution in [0, 0.1) is 29.1 Å². The van der Waals surface area contributed by atoms with Crippen LogP contribution in [0.15, 0.2) is 73.8 Å². The average Bonchev–Trinajstić information content (AvgIpc) is 3.10. The molecular formula is C34H44O2. The molecule has 0 heterocycles. The number of hydrogen-bond donors (Lipinski definition) is 1. The van der Waals surface area contributed by atoms with Crippen LogP contribution in [0.4, 0.5) is 0 Å². The molecule has 2 fully saturated rings. The smallest absolute Gasteiger partial charge is 0.120 e. The van der Waals surface area contributed by atoms with E-state index in [1.54, 1.807) is 5.56 Å². The lowest BCUT2D eigenvalue weighted by Gasteiger charge is -2.56. The van der Waals surface area contributed by atoms with Crippen LogP contribution < -0.4 is 4.74 Å². The molecule has 1 N–H and O–H groups in total. The van der Waals surface area contributed by atoms with Crippen molar-refractivity contribution < 1.29 is 9.84 Å². The molecule has 7 unspecified atom stereocenters. The fraction of sp³-hybridized carbons (Fsp3) is 0.529. The van der Waals surface area contributed by atoms with Gasteiger partial charge in [-0.2, -0.15) is 0 Å². The summed E-state index contributed by atoms with van der Waals surface area (Å²) >= 11 is 0. The van der Waals surface area contributed by atoms with E-state index in [1.165, 1.54) is 24.0 Å². The summed E-state index contributed by atoms with van der Waals surface area (Å²) in [5.74, 6) is 3.70. The molecule has 0 radical (unpaired) electrons. The molecule has 2 aromatic carbocycles. The first-order chi connectivity index (χ1) is 17.4. The first-order valence-corrected chi connectivity index (χ1v) is 14.2. The van der Waals surface area contributed by atoms with Gasteiger partial charge in [-0.15, -0.1) is 13.2 Å². The van der Waals surface area contributed by atoms with Crippen LogP contribution in [0.3, 0.4) is 0 Å². The molecular weight excluding hydrogens is 440 g/mol. The number of aliphatic hydroxyl groups is 1. The zero-order valence-corrected chi connectivity index (χ0v) is 22.3. The van der Waals surface area contributed by atoms with E-state index in [2.05, 4.69) is 69.5 Å². The van der Waals surface area contributed by atoms with Crippen LogP contribution in [0.1, 0.15) is 81.4 Å². The molecule has 2 saturated carbocycles. The summed E-state index contributed by atoms with van der Waals surface area (Å²) in [6.45, 7) is 13.4. The maximum atomic E-state index is 12.2.